The summed E-state index contributed by atoms with van der Waals surface area (Å²) in [6.07, 6.45) is 0.463. The molecule has 9 nitrogen and oxygen atoms in total. The second-order valence-corrected chi connectivity index (χ2v) is 9.68. The fraction of sp³-hybridized carbons (Fsp3) is 0.375. The highest BCUT2D eigenvalue weighted by molar-refractivity contribution is 7.89. The molecule has 2 N–H and O–H groups in total. The number of nitrogens with two attached hydrogens (primary N) is 1. The van der Waals surface area contributed by atoms with E-state index in [-0.39, 0.29) is 17.9 Å². The van der Waals surface area contributed by atoms with Crippen molar-refractivity contribution in [3.05, 3.63) is 59.4 Å². The van der Waals surface area contributed by atoms with E-state index in [1.807, 2.05) is 11.5 Å². The maximum atomic E-state index is 12.9. The number of sulfonamides is 1. The summed E-state index contributed by atoms with van der Waals surface area (Å²) < 4.78 is 34.4. The Hall–Kier alpha value is -3.24. The first-order chi connectivity index (χ1) is 16.2. The normalized spacial score (nSPS) is 11.8. The first-order valence-corrected chi connectivity index (χ1v) is 12.7. The smallest absolute Gasteiger partial charge is 0.306 e. The third kappa shape index (κ3) is 5.45. The van der Waals surface area contributed by atoms with Crippen molar-refractivity contribution in [3.8, 4) is 0 Å². The molecule has 0 fully saturated rings. The van der Waals surface area contributed by atoms with Crippen LogP contribution in [0.2, 0.25) is 0 Å². The van der Waals surface area contributed by atoms with Crippen LogP contribution in [0.1, 0.15) is 48.9 Å². The maximum absolute atomic E-state index is 12.9. The summed E-state index contributed by atoms with van der Waals surface area (Å²) in [5.41, 5.74) is 7.69. The molecular weight excluding hydrogens is 456 g/mol. The van der Waals surface area contributed by atoms with Gasteiger partial charge in [-0.2, -0.15) is 4.31 Å². The Balaban J connectivity index is 1.72. The number of hydrogen-bond donors (Lipinski definition) is 1. The van der Waals surface area contributed by atoms with Crippen LogP contribution in [-0.4, -0.2) is 47.2 Å². The second-order valence-electron chi connectivity index (χ2n) is 7.74. The van der Waals surface area contributed by atoms with Crippen molar-refractivity contribution < 1.29 is 22.7 Å². The molecule has 10 heteroatoms. The van der Waals surface area contributed by atoms with Crippen molar-refractivity contribution in [3.63, 3.8) is 0 Å². The van der Waals surface area contributed by atoms with Gasteiger partial charge in [0.25, 0.3) is 0 Å². The predicted octanol–water partition coefficient (Wildman–Crippen LogP) is 2.86. The summed E-state index contributed by atoms with van der Waals surface area (Å²) in [5, 5.41) is 0. The molecule has 3 rings (SSSR count). The van der Waals surface area contributed by atoms with E-state index >= 15 is 0 Å². The molecule has 3 aromatic rings. The third-order valence-corrected chi connectivity index (χ3v) is 7.67. The van der Waals surface area contributed by atoms with E-state index in [1.165, 1.54) is 4.31 Å². The largest absolute Gasteiger partial charge is 0.461 e. The van der Waals surface area contributed by atoms with Crippen molar-refractivity contribution in [1.29, 1.82) is 0 Å². The molecule has 2 aromatic carbocycles. The van der Waals surface area contributed by atoms with E-state index in [4.69, 9.17) is 10.5 Å². The summed E-state index contributed by atoms with van der Waals surface area (Å²) in [4.78, 5) is 28.4. The SMILES string of the molecule is CCN(CC)S(=O)(=O)c1ccc2c(c1)nc(CCC(=O)OCc1cccc(C(N)=O)c1)n2CC. The molecule has 0 radical (unpaired) electrons. The number of benzene rings is 2. The monoisotopic (exact) mass is 486 g/mol. The van der Waals surface area contributed by atoms with Crippen LogP contribution in [0.15, 0.2) is 47.4 Å². The predicted molar refractivity (Wildman–Crippen MR) is 129 cm³/mol. The Morgan fingerprint density at radius 2 is 1.82 bits per heavy atom. The minimum atomic E-state index is -3.59. The molecule has 182 valence electrons. The summed E-state index contributed by atoms with van der Waals surface area (Å²) in [5.74, 6) is -0.258. The van der Waals surface area contributed by atoms with Crippen molar-refractivity contribution >= 4 is 32.9 Å². The van der Waals surface area contributed by atoms with Crippen LogP contribution in [-0.2, 0) is 39.1 Å². The van der Waals surface area contributed by atoms with Gasteiger partial charge in [-0.3, -0.25) is 9.59 Å². The minimum absolute atomic E-state index is 0.0384. The topological polar surface area (TPSA) is 125 Å². The van der Waals surface area contributed by atoms with E-state index < -0.39 is 21.9 Å². The zero-order valence-electron chi connectivity index (χ0n) is 19.7. The van der Waals surface area contributed by atoms with Crippen LogP contribution >= 0.6 is 0 Å². The van der Waals surface area contributed by atoms with Gasteiger partial charge < -0.3 is 15.0 Å². The lowest BCUT2D eigenvalue weighted by molar-refractivity contribution is -0.144. The lowest BCUT2D eigenvalue weighted by Gasteiger charge is -2.18. The maximum Gasteiger partial charge on any atom is 0.306 e. The first-order valence-electron chi connectivity index (χ1n) is 11.2. The van der Waals surface area contributed by atoms with Crippen LogP contribution < -0.4 is 5.73 Å². The van der Waals surface area contributed by atoms with Gasteiger partial charge in [0.2, 0.25) is 15.9 Å². The van der Waals surface area contributed by atoms with Crippen LogP contribution in [0, 0.1) is 0 Å². The number of carbonyl (C=O) groups excluding carboxylic acids is 2. The van der Waals surface area contributed by atoms with Gasteiger partial charge in [-0.05, 0) is 42.8 Å². The molecule has 0 saturated carbocycles. The average molecular weight is 487 g/mol. The fourth-order valence-electron chi connectivity index (χ4n) is 3.84. The number of aryl methyl sites for hydroxylation is 2. The summed E-state index contributed by atoms with van der Waals surface area (Å²) in [7, 11) is -3.59. The molecular formula is C24H30N4O5S. The molecule has 0 aliphatic carbocycles. The molecule has 1 aromatic heterocycles. The van der Waals surface area contributed by atoms with Gasteiger partial charge >= 0.3 is 5.97 Å². The number of primary amides is 1. The molecule has 0 saturated heterocycles. The third-order valence-electron chi connectivity index (χ3n) is 5.62. The zero-order chi connectivity index (χ0) is 24.9. The Labute approximate surface area is 199 Å². The van der Waals surface area contributed by atoms with E-state index in [2.05, 4.69) is 4.98 Å². The molecule has 0 bridgehead atoms. The number of hydrogen-bond acceptors (Lipinski definition) is 6. The molecule has 1 heterocycles. The van der Waals surface area contributed by atoms with Gasteiger partial charge in [0.15, 0.2) is 0 Å². The van der Waals surface area contributed by atoms with Gasteiger partial charge in [-0.1, -0.05) is 26.0 Å². The Morgan fingerprint density at radius 3 is 2.47 bits per heavy atom. The molecule has 0 aliphatic rings. The van der Waals surface area contributed by atoms with Crippen LogP contribution in [0.25, 0.3) is 11.0 Å². The standard InChI is InChI=1S/C24H30N4O5S/c1-4-27(5-2)34(31,32)19-10-11-21-20(15-19)26-22(28(21)6-3)12-13-23(29)33-16-17-8-7-9-18(14-17)24(25)30/h7-11,14-15H,4-6,12-13,16H2,1-3H3,(H2,25,30). The van der Waals surface area contributed by atoms with Crippen molar-refractivity contribution in [2.24, 2.45) is 5.73 Å². The Kier molecular flexibility index (Phi) is 8.06. The number of amides is 1. The number of ether oxygens (including phenoxy) is 1. The van der Waals surface area contributed by atoms with Crippen molar-refractivity contribution in [2.75, 3.05) is 13.1 Å². The number of imidazole rings is 1. The Morgan fingerprint density at radius 1 is 1.09 bits per heavy atom. The lowest BCUT2D eigenvalue weighted by Crippen LogP contribution is -2.30. The van der Waals surface area contributed by atoms with Crippen LogP contribution in [0.4, 0.5) is 0 Å². The molecule has 0 spiro atoms. The highest BCUT2D eigenvalue weighted by Gasteiger charge is 2.23. The lowest BCUT2D eigenvalue weighted by atomic mass is 10.1. The number of nitrogens with zero attached hydrogens (tertiary/aromatic N) is 3. The second kappa shape index (κ2) is 10.8. The number of carbonyl (C=O) groups is 2. The zero-order valence-corrected chi connectivity index (χ0v) is 20.5. The van der Waals surface area contributed by atoms with Crippen LogP contribution in [0.3, 0.4) is 0 Å². The van der Waals surface area contributed by atoms with Gasteiger partial charge in [0.05, 0.1) is 22.3 Å². The van der Waals surface area contributed by atoms with Crippen molar-refractivity contribution in [2.45, 2.75) is 51.7 Å². The molecule has 0 atom stereocenters. The molecule has 1 amide bonds. The van der Waals surface area contributed by atoms with Crippen LogP contribution in [0.5, 0.6) is 0 Å². The van der Waals surface area contributed by atoms with E-state index in [1.54, 1.807) is 56.3 Å². The van der Waals surface area contributed by atoms with Gasteiger partial charge in [-0.25, -0.2) is 13.4 Å². The summed E-state index contributed by atoms with van der Waals surface area (Å²) in [6.45, 7) is 7.02. The quantitative estimate of drug-likeness (QED) is 0.416. The van der Waals surface area contributed by atoms with E-state index in [0.29, 0.717) is 48.5 Å². The Bertz CT molecular complexity index is 1300. The summed E-state index contributed by atoms with van der Waals surface area (Å²) in [6, 6.07) is 11.6. The average Bonchev–Trinajstić information content (AvgIpc) is 3.18. The van der Waals surface area contributed by atoms with Gasteiger partial charge in [-0.15, -0.1) is 0 Å². The number of aromatic nitrogens is 2. The minimum Gasteiger partial charge on any atom is -0.461 e. The molecule has 0 unspecified atom stereocenters. The molecule has 34 heavy (non-hydrogen) atoms. The number of fused-ring (bicyclic) bond motifs is 1. The fourth-order valence-corrected chi connectivity index (χ4v) is 5.32. The van der Waals surface area contributed by atoms with E-state index in [0.717, 1.165) is 5.52 Å². The van der Waals surface area contributed by atoms with Gasteiger partial charge in [0.1, 0.15) is 12.4 Å². The summed E-state index contributed by atoms with van der Waals surface area (Å²) >= 11 is 0. The highest BCUT2D eigenvalue weighted by atomic mass is 32.2. The highest BCUT2D eigenvalue weighted by Crippen LogP contribution is 2.23. The van der Waals surface area contributed by atoms with E-state index in [9.17, 15) is 18.0 Å². The molecule has 0 aliphatic heterocycles. The number of rotatable bonds is 11. The van der Waals surface area contributed by atoms with Crippen molar-refractivity contribution in [1.82, 2.24) is 13.9 Å². The van der Waals surface area contributed by atoms with Gasteiger partial charge in [0, 0.05) is 31.6 Å². The first kappa shape index (κ1) is 25.4. The number of esters is 1.